The highest BCUT2D eigenvalue weighted by molar-refractivity contribution is 5.35. The van der Waals surface area contributed by atoms with Crippen molar-refractivity contribution < 1.29 is 9.84 Å². The normalized spacial score (nSPS) is 12.3. The van der Waals surface area contributed by atoms with E-state index in [1.165, 1.54) is 0 Å². The number of aliphatic hydroxyl groups is 1. The zero-order valence-electron chi connectivity index (χ0n) is 12.7. The number of anilines is 2. The second kappa shape index (κ2) is 8.52. The summed E-state index contributed by atoms with van der Waals surface area (Å²) in [5, 5.41) is 15.8. The molecular weight excluding hydrogens is 258 g/mol. The van der Waals surface area contributed by atoms with E-state index in [1.54, 1.807) is 0 Å². The molecule has 1 unspecified atom stereocenters. The van der Waals surface area contributed by atoms with Gasteiger partial charge >= 0.3 is 6.01 Å². The monoisotopic (exact) mass is 283 g/mol. The van der Waals surface area contributed by atoms with Crippen LogP contribution in [0.4, 0.5) is 11.9 Å². The largest absolute Gasteiger partial charge is 0.461 e. The van der Waals surface area contributed by atoms with Crippen LogP contribution >= 0.6 is 0 Å². The van der Waals surface area contributed by atoms with Crippen LogP contribution in [0.1, 0.15) is 40.5 Å². The van der Waals surface area contributed by atoms with Crippen molar-refractivity contribution >= 4 is 11.9 Å². The number of aliphatic hydroxyl groups excluding tert-OH is 1. The number of nitrogens with one attached hydrogen (secondary N) is 2. The Morgan fingerprint density at radius 1 is 1.10 bits per heavy atom. The fourth-order valence-corrected chi connectivity index (χ4v) is 1.58. The molecule has 20 heavy (non-hydrogen) atoms. The zero-order valence-corrected chi connectivity index (χ0v) is 12.7. The molecule has 3 N–H and O–H groups in total. The smallest absolute Gasteiger partial charge is 0.323 e. The molecule has 0 radical (unpaired) electrons. The Hall–Kier alpha value is -1.63. The fraction of sp³-hybridized carbons (Fsp3) is 0.769. The molecule has 7 nitrogen and oxygen atoms in total. The van der Waals surface area contributed by atoms with Crippen LogP contribution < -0.4 is 15.4 Å². The van der Waals surface area contributed by atoms with Gasteiger partial charge in [0.25, 0.3) is 0 Å². The first kappa shape index (κ1) is 16.4. The minimum atomic E-state index is -0.409. The molecule has 1 atom stereocenters. The summed E-state index contributed by atoms with van der Waals surface area (Å²) >= 11 is 0. The van der Waals surface area contributed by atoms with E-state index < -0.39 is 6.10 Å². The highest BCUT2D eigenvalue weighted by atomic mass is 16.5. The van der Waals surface area contributed by atoms with Gasteiger partial charge in [-0.05, 0) is 27.2 Å². The average molecular weight is 283 g/mol. The topological polar surface area (TPSA) is 92.2 Å². The third kappa shape index (κ3) is 6.01. The lowest BCUT2D eigenvalue weighted by Gasteiger charge is -2.13. The summed E-state index contributed by atoms with van der Waals surface area (Å²) in [5.41, 5.74) is 0. The second-order valence-electron chi connectivity index (χ2n) is 4.79. The van der Waals surface area contributed by atoms with Gasteiger partial charge in [-0.3, -0.25) is 0 Å². The zero-order chi connectivity index (χ0) is 15.0. The van der Waals surface area contributed by atoms with Crippen LogP contribution in [0.3, 0.4) is 0 Å². The summed E-state index contributed by atoms with van der Waals surface area (Å²) in [6, 6.07) is 0.276. The van der Waals surface area contributed by atoms with Crippen molar-refractivity contribution in [1.82, 2.24) is 15.0 Å². The van der Waals surface area contributed by atoms with Gasteiger partial charge < -0.3 is 20.5 Å². The molecule has 1 aromatic heterocycles. The van der Waals surface area contributed by atoms with Gasteiger partial charge in [0.05, 0.1) is 12.2 Å². The van der Waals surface area contributed by atoms with E-state index in [0.717, 1.165) is 12.8 Å². The van der Waals surface area contributed by atoms with Crippen molar-refractivity contribution in [2.45, 2.75) is 52.7 Å². The quantitative estimate of drug-likeness (QED) is 0.634. The number of aromatic nitrogens is 3. The first-order valence-corrected chi connectivity index (χ1v) is 7.13. The van der Waals surface area contributed by atoms with Crippen molar-refractivity contribution in [3.63, 3.8) is 0 Å². The van der Waals surface area contributed by atoms with Gasteiger partial charge in [-0.2, -0.15) is 15.0 Å². The molecule has 0 spiro atoms. The SMILES string of the molecule is CCCC(O)CNc1nc(NCC)nc(OC(C)C)n1. The number of ether oxygens (including phenoxy) is 1. The van der Waals surface area contributed by atoms with Crippen molar-refractivity contribution in [3.8, 4) is 6.01 Å². The van der Waals surface area contributed by atoms with Gasteiger partial charge in [0.15, 0.2) is 0 Å². The third-order valence-corrected chi connectivity index (χ3v) is 2.41. The van der Waals surface area contributed by atoms with E-state index in [4.69, 9.17) is 4.74 Å². The van der Waals surface area contributed by atoms with Crippen molar-refractivity contribution in [3.05, 3.63) is 0 Å². The van der Waals surface area contributed by atoms with Crippen molar-refractivity contribution in [2.24, 2.45) is 0 Å². The summed E-state index contributed by atoms with van der Waals surface area (Å²) < 4.78 is 5.49. The molecule has 7 heteroatoms. The summed E-state index contributed by atoms with van der Waals surface area (Å²) in [7, 11) is 0. The maximum absolute atomic E-state index is 9.72. The molecule has 0 aliphatic rings. The molecule has 0 aliphatic heterocycles. The molecule has 1 aromatic rings. The molecule has 0 amide bonds. The standard InChI is InChI=1S/C13H25N5O2/c1-5-7-10(19)8-15-12-16-11(14-6-2)17-13(18-12)20-9(3)4/h9-10,19H,5-8H2,1-4H3,(H2,14,15,16,17,18). The molecule has 0 saturated heterocycles. The molecule has 0 aliphatic carbocycles. The fourth-order valence-electron chi connectivity index (χ4n) is 1.58. The van der Waals surface area contributed by atoms with Crippen LogP contribution in [0.15, 0.2) is 0 Å². The molecule has 0 bridgehead atoms. The molecule has 0 fully saturated rings. The van der Waals surface area contributed by atoms with E-state index >= 15 is 0 Å². The van der Waals surface area contributed by atoms with E-state index in [-0.39, 0.29) is 12.1 Å². The lowest BCUT2D eigenvalue weighted by Crippen LogP contribution is -2.21. The predicted octanol–water partition coefficient (Wildman–Crippen LogP) is 1.66. The number of hydrogen-bond acceptors (Lipinski definition) is 7. The van der Waals surface area contributed by atoms with Gasteiger partial charge in [-0.15, -0.1) is 0 Å². The molecule has 0 saturated carbocycles. The second-order valence-corrected chi connectivity index (χ2v) is 4.79. The molecular formula is C13H25N5O2. The molecule has 0 aromatic carbocycles. The third-order valence-electron chi connectivity index (χ3n) is 2.41. The van der Waals surface area contributed by atoms with Gasteiger partial charge in [-0.25, -0.2) is 0 Å². The van der Waals surface area contributed by atoms with E-state index in [9.17, 15) is 5.11 Å². The van der Waals surface area contributed by atoms with E-state index in [0.29, 0.717) is 25.0 Å². The highest BCUT2D eigenvalue weighted by Gasteiger charge is 2.10. The Morgan fingerprint density at radius 2 is 1.75 bits per heavy atom. The highest BCUT2D eigenvalue weighted by Crippen LogP contribution is 2.12. The maximum Gasteiger partial charge on any atom is 0.323 e. The van der Waals surface area contributed by atoms with Crippen molar-refractivity contribution in [2.75, 3.05) is 23.7 Å². The number of hydrogen-bond donors (Lipinski definition) is 3. The Morgan fingerprint density at radius 3 is 2.30 bits per heavy atom. The minimum Gasteiger partial charge on any atom is -0.461 e. The number of rotatable bonds is 9. The summed E-state index contributed by atoms with van der Waals surface area (Å²) in [6.45, 7) is 8.94. The molecule has 114 valence electrons. The summed E-state index contributed by atoms with van der Waals surface area (Å²) in [4.78, 5) is 12.6. The van der Waals surface area contributed by atoms with Crippen molar-refractivity contribution in [1.29, 1.82) is 0 Å². The van der Waals surface area contributed by atoms with Gasteiger partial charge in [-0.1, -0.05) is 13.3 Å². The van der Waals surface area contributed by atoms with Crippen LogP contribution in [0.25, 0.3) is 0 Å². The van der Waals surface area contributed by atoms with E-state index in [1.807, 2.05) is 27.7 Å². The van der Waals surface area contributed by atoms with Gasteiger partial charge in [0, 0.05) is 13.1 Å². The first-order valence-electron chi connectivity index (χ1n) is 7.13. The van der Waals surface area contributed by atoms with Crippen LogP contribution in [0, 0.1) is 0 Å². The van der Waals surface area contributed by atoms with E-state index in [2.05, 4.69) is 25.6 Å². The lowest BCUT2D eigenvalue weighted by molar-refractivity contribution is 0.176. The Labute approximate surface area is 120 Å². The summed E-state index contributed by atoms with van der Waals surface area (Å²) in [5.74, 6) is 0.868. The molecule has 1 heterocycles. The Bertz CT molecular complexity index is 400. The van der Waals surface area contributed by atoms with Gasteiger partial charge in [0.2, 0.25) is 11.9 Å². The number of nitrogens with zero attached hydrogens (tertiary/aromatic N) is 3. The summed E-state index contributed by atoms with van der Waals surface area (Å²) in [6.07, 6.45) is 1.26. The minimum absolute atomic E-state index is 0.00888. The van der Waals surface area contributed by atoms with Crippen LogP contribution in [0.2, 0.25) is 0 Å². The van der Waals surface area contributed by atoms with Crippen LogP contribution in [-0.4, -0.2) is 45.4 Å². The predicted molar refractivity (Wildman–Crippen MR) is 79.2 cm³/mol. The lowest BCUT2D eigenvalue weighted by atomic mass is 10.2. The average Bonchev–Trinajstić information content (AvgIpc) is 2.36. The Balaban J connectivity index is 2.74. The van der Waals surface area contributed by atoms with Crippen LogP contribution in [-0.2, 0) is 0 Å². The Kier molecular flexibility index (Phi) is 7.00. The first-order chi connectivity index (χ1) is 9.55. The van der Waals surface area contributed by atoms with Crippen LogP contribution in [0.5, 0.6) is 6.01 Å². The maximum atomic E-state index is 9.72. The van der Waals surface area contributed by atoms with Gasteiger partial charge in [0.1, 0.15) is 0 Å². The molecule has 1 rings (SSSR count).